The van der Waals surface area contributed by atoms with Crippen molar-refractivity contribution >= 4 is 23.2 Å². The molecule has 0 spiro atoms. The van der Waals surface area contributed by atoms with Gasteiger partial charge in [0, 0.05) is 16.1 Å². The van der Waals surface area contributed by atoms with Crippen molar-refractivity contribution in [3.63, 3.8) is 0 Å². The molecule has 1 N–H and O–H groups in total. The highest BCUT2D eigenvalue weighted by Gasteiger charge is 2.23. The third-order valence-corrected chi connectivity index (χ3v) is 4.68. The van der Waals surface area contributed by atoms with Gasteiger partial charge in [-0.25, -0.2) is 0 Å². The second kappa shape index (κ2) is 6.79. The Morgan fingerprint density at radius 3 is 2.67 bits per heavy atom. The smallest absolute Gasteiger partial charge is 0.0439 e. The maximum atomic E-state index is 6.20. The summed E-state index contributed by atoms with van der Waals surface area (Å²) in [6.07, 6.45) is 7.66. The fraction of sp³-hybridized carbons (Fsp3) is 0.600. The molecule has 1 aromatic rings. The SMILES string of the molecule is CNC(CCc1cc(Cl)ccc1Cl)C1CCCC1. The van der Waals surface area contributed by atoms with Crippen LogP contribution in [0, 0.1) is 5.92 Å². The van der Waals surface area contributed by atoms with E-state index in [1.807, 2.05) is 18.2 Å². The highest BCUT2D eigenvalue weighted by Crippen LogP contribution is 2.30. The first-order chi connectivity index (χ1) is 8.70. The third kappa shape index (κ3) is 3.63. The number of benzene rings is 1. The van der Waals surface area contributed by atoms with E-state index >= 15 is 0 Å². The molecule has 1 fully saturated rings. The molecule has 1 atom stereocenters. The molecule has 0 radical (unpaired) electrons. The molecule has 1 nitrogen and oxygen atoms in total. The number of aryl methyl sites for hydroxylation is 1. The summed E-state index contributed by atoms with van der Waals surface area (Å²) in [5, 5.41) is 5.08. The van der Waals surface area contributed by atoms with Gasteiger partial charge in [-0.1, -0.05) is 36.0 Å². The van der Waals surface area contributed by atoms with Crippen molar-refractivity contribution in [2.45, 2.75) is 44.6 Å². The van der Waals surface area contributed by atoms with Crippen LogP contribution in [0.2, 0.25) is 10.0 Å². The van der Waals surface area contributed by atoms with Crippen LogP contribution in [0.1, 0.15) is 37.7 Å². The predicted molar refractivity (Wildman–Crippen MR) is 79.6 cm³/mol. The Labute approximate surface area is 120 Å². The summed E-state index contributed by atoms with van der Waals surface area (Å²) in [4.78, 5) is 0. The van der Waals surface area contributed by atoms with Gasteiger partial charge in [0.2, 0.25) is 0 Å². The minimum atomic E-state index is 0.613. The lowest BCUT2D eigenvalue weighted by Gasteiger charge is -2.23. The van der Waals surface area contributed by atoms with Crippen LogP contribution in [0.15, 0.2) is 18.2 Å². The highest BCUT2D eigenvalue weighted by atomic mass is 35.5. The second-order valence-corrected chi connectivity index (χ2v) is 6.06. The van der Waals surface area contributed by atoms with Crippen molar-refractivity contribution in [1.82, 2.24) is 5.32 Å². The van der Waals surface area contributed by atoms with Gasteiger partial charge in [-0.05, 0) is 62.4 Å². The number of nitrogens with one attached hydrogen (secondary N) is 1. The standard InChI is InChI=1S/C15H21Cl2N/c1-18-15(11-4-2-3-5-11)9-6-12-10-13(16)7-8-14(12)17/h7-8,10-11,15,18H,2-6,9H2,1H3. The molecule has 1 unspecified atom stereocenters. The summed E-state index contributed by atoms with van der Waals surface area (Å²) in [5.74, 6) is 0.841. The lowest BCUT2D eigenvalue weighted by molar-refractivity contribution is 0.360. The molecule has 18 heavy (non-hydrogen) atoms. The van der Waals surface area contributed by atoms with E-state index in [2.05, 4.69) is 12.4 Å². The van der Waals surface area contributed by atoms with Crippen LogP contribution in [-0.2, 0) is 6.42 Å². The number of hydrogen-bond acceptors (Lipinski definition) is 1. The van der Waals surface area contributed by atoms with E-state index in [0.717, 1.165) is 28.8 Å². The number of rotatable bonds is 5. The van der Waals surface area contributed by atoms with Crippen LogP contribution in [0.4, 0.5) is 0 Å². The summed E-state index contributed by atoms with van der Waals surface area (Å²) >= 11 is 12.2. The van der Waals surface area contributed by atoms with Gasteiger partial charge in [0.15, 0.2) is 0 Å². The van der Waals surface area contributed by atoms with Gasteiger partial charge < -0.3 is 5.32 Å². The second-order valence-electron chi connectivity index (χ2n) is 5.21. The van der Waals surface area contributed by atoms with E-state index in [0.29, 0.717) is 6.04 Å². The normalized spacial score (nSPS) is 18.2. The van der Waals surface area contributed by atoms with Gasteiger partial charge in [0.1, 0.15) is 0 Å². The molecule has 2 rings (SSSR count). The molecule has 0 heterocycles. The van der Waals surface area contributed by atoms with Gasteiger partial charge in [0.25, 0.3) is 0 Å². The fourth-order valence-electron chi connectivity index (χ4n) is 3.02. The van der Waals surface area contributed by atoms with E-state index in [4.69, 9.17) is 23.2 Å². The average Bonchev–Trinajstić information content (AvgIpc) is 2.88. The molecular weight excluding hydrogens is 265 g/mol. The van der Waals surface area contributed by atoms with E-state index in [9.17, 15) is 0 Å². The van der Waals surface area contributed by atoms with E-state index in [1.54, 1.807) is 0 Å². The monoisotopic (exact) mass is 285 g/mol. The van der Waals surface area contributed by atoms with Crippen molar-refractivity contribution in [3.05, 3.63) is 33.8 Å². The summed E-state index contributed by atoms with van der Waals surface area (Å²) in [7, 11) is 2.07. The van der Waals surface area contributed by atoms with Gasteiger partial charge in [-0.3, -0.25) is 0 Å². The molecule has 100 valence electrons. The molecule has 3 heteroatoms. The average molecular weight is 286 g/mol. The van der Waals surface area contributed by atoms with Crippen LogP contribution in [0.25, 0.3) is 0 Å². The number of hydrogen-bond donors (Lipinski definition) is 1. The van der Waals surface area contributed by atoms with Crippen LogP contribution < -0.4 is 5.32 Å². The van der Waals surface area contributed by atoms with Gasteiger partial charge in [-0.15, -0.1) is 0 Å². The van der Waals surface area contributed by atoms with Crippen molar-refractivity contribution < 1.29 is 0 Å². The Morgan fingerprint density at radius 1 is 1.28 bits per heavy atom. The Morgan fingerprint density at radius 2 is 2.00 bits per heavy atom. The maximum absolute atomic E-state index is 6.20. The molecule has 0 aromatic heterocycles. The van der Waals surface area contributed by atoms with Crippen molar-refractivity contribution in [1.29, 1.82) is 0 Å². The molecular formula is C15H21Cl2N. The predicted octanol–water partition coefficient (Wildman–Crippen LogP) is 4.70. The fourth-order valence-corrected chi connectivity index (χ4v) is 3.43. The molecule has 1 saturated carbocycles. The molecule has 0 bridgehead atoms. The van der Waals surface area contributed by atoms with E-state index < -0.39 is 0 Å². The Balaban J connectivity index is 1.94. The third-order valence-electron chi connectivity index (χ3n) is 4.07. The molecule has 0 aliphatic heterocycles. The molecule has 0 amide bonds. The van der Waals surface area contributed by atoms with Crippen LogP contribution in [0.3, 0.4) is 0 Å². The summed E-state index contributed by atoms with van der Waals surface area (Å²) in [5.41, 5.74) is 1.17. The van der Waals surface area contributed by atoms with E-state index in [-0.39, 0.29) is 0 Å². The largest absolute Gasteiger partial charge is 0.317 e. The Bertz CT molecular complexity index is 386. The first kappa shape index (κ1) is 14.2. The van der Waals surface area contributed by atoms with Gasteiger partial charge >= 0.3 is 0 Å². The van der Waals surface area contributed by atoms with Crippen LogP contribution >= 0.6 is 23.2 Å². The van der Waals surface area contributed by atoms with Crippen molar-refractivity contribution in [3.8, 4) is 0 Å². The lowest BCUT2D eigenvalue weighted by atomic mass is 9.92. The van der Waals surface area contributed by atoms with Crippen molar-refractivity contribution in [2.24, 2.45) is 5.92 Å². The van der Waals surface area contributed by atoms with Crippen LogP contribution in [-0.4, -0.2) is 13.1 Å². The molecule has 1 aromatic carbocycles. The van der Waals surface area contributed by atoms with Gasteiger partial charge in [-0.2, -0.15) is 0 Å². The van der Waals surface area contributed by atoms with E-state index in [1.165, 1.54) is 31.2 Å². The maximum Gasteiger partial charge on any atom is 0.0439 e. The first-order valence-corrected chi connectivity index (χ1v) is 7.57. The summed E-state index contributed by atoms with van der Waals surface area (Å²) < 4.78 is 0. The molecule has 1 aliphatic carbocycles. The first-order valence-electron chi connectivity index (χ1n) is 6.82. The zero-order valence-electron chi connectivity index (χ0n) is 10.9. The van der Waals surface area contributed by atoms with Crippen molar-refractivity contribution in [2.75, 3.05) is 7.05 Å². The quantitative estimate of drug-likeness (QED) is 0.827. The summed E-state index contributed by atoms with van der Waals surface area (Å²) in [6, 6.07) is 6.34. The van der Waals surface area contributed by atoms with Gasteiger partial charge in [0.05, 0.1) is 0 Å². The highest BCUT2D eigenvalue weighted by molar-refractivity contribution is 6.33. The minimum absolute atomic E-state index is 0.613. The Kier molecular flexibility index (Phi) is 5.35. The number of halogens is 2. The zero-order chi connectivity index (χ0) is 13.0. The Hall–Kier alpha value is -0.240. The molecule has 0 saturated heterocycles. The minimum Gasteiger partial charge on any atom is -0.317 e. The molecule has 1 aliphatic rings. The van der Waals surface area contributed by atoms with Crippen LogP contribution in [0.5, 0.6) is 0 Å². The summed E-state index contributed by atoms with van der Waals surface area (Å²) in [6.45, 7) is 0. The zero-order valence-corrected chi connectivity index (χ0v) is 12.4. The lowest BCUT2D eigenvalue weighted by Crippen LogP contribution is -2.32. The topological polar surface area (TPSA) is 12.0 Å².